The van der Waals surface area contributed by atoms with Crippen molar-refractivity contribution in [3.8, 4) is 5.75 Å². The van der Waals surface area contributed by atoms with Crippen molar-refractivity contribution in [2.75, 3.05) is 19.0 Å². The Morgan fingerprint density at radius 1 is 1.45 bits per heavy atom. The molecule has 2 amide bonds. The predicted octanol–water partition coefficient (Wildman–Crippen LogP) is 0.791. The standard InChI is InChI=1S/C12H15FN2O5/c1-20-10-3-2-7(6-8(10)13)15-12(19)14-5-4-9(16)11(17)18/h2-3,6,9,16H,4-5H2,1H3,(H,17,18)(H2,14,15,19)/t9-/m0/s1. The van der Waals surface area contributed by atoms with Gasteiger partial charge in [0, 0.05) is 24.7 Å². The third-order valence-electron chi connectivity index (χ3n) is 2.40. The molecule has 0 unspecified atom stereocenters. The lowest BCUT2D eigenvalue weighted by Crippen LogP contribution is -2.33. The molecule has 0 saturated carbocycles. The fraction of sp³-hybridized carbons (Fsp3) is 0.333. The first-order chi connectivity index (χ1) is 9.43. The van der Waals surface area contributed by atoms with E-state index < -0.39 is 23.9 Å². The summed E-state index contributed by atoms with van der Waals surface area (Å²) in [6.07, 6.45) is -1.66. The fourth-order valence-corrected chi connectivity index (χ4v) is 1.37. The van der Waals surface area contributed by atoms with Crippen LogP contribution in [0.5, 0.6) is 5.75 Å². The predicted molar refractivity (Wildman–Crippen MR) is 68.2 cm³/mol. The Labute approximate surface area is 114 Å². The highest BCUT2D eigenvalue weighted by Gasteiger charge is 2.13. The molecule has 1 aromatic rings. The van der Waals surface area contributed by atoms with Gasteiger partial charge in [0.1, 0.15) is 0 Å². The van der Waals surface area contributed by atoms with Gasteiger partial charge in [-0.15, -0.1) is 0 Å². The van der Waals surface area contributed by atoms with Gasteiger partial charge in [0.15, 0.2) is 17.7 Å². The van der Waals surface area contributed by atoms with Crippen LogP contribution < -0.4 is 15.4 Å². The van der Waals surface area contributed by atoms with Gasteiger partial charge >= 0.3 is 12.0 Å². The number of halogens is 1. The number of aliphatic hydroxyl groups is 1. The first kappa shape index (κ1) is 15.7. The number of carboxylic acids is 1. The number of amides is 2. The quantitative estimate of drug-likeness (QED) is 0.618. The fourth-order valence-electron chi connectivity index (χ4n) is 1.37. The Morgan fingerprint density at radius 2 is 2.15 bits per heavy atom. The molecular formula is C12H15FN2O5. The monoisotopic (exact) mass is 286 g/mol. The Balaban J connectivity index is 2.43. The van der Waals surface area contributed by atoms with Gasteiger partial charge in [-0.2, -0.15) is 0 Å². The Kier molecular flexibility index (Phi) is 5.73. The normalized spacial score (nSPS) is 11.6. The molecule has 110 valence electrons. The molecule has 0 aliphatic heterocycles. The molecule has 1 atom stereocenters. The minimum Gasteiger partial charge on any atom is -0.494 e. The van der Waals surface area contributed by atoms with Crippen molar-refractivity contribution in [3.05, 3.63) is 24.0 Å². The summed E-state index contributed by atoms with van der Waals surface area (Å²) in [5, 5.41) is 22.1. The van der Waals surface area contributed by atoms with Gasteiger partial charge in [0.05, 0.1) is 7.11 Å². The number of ether oxygens (including phenoxy) is 1. The molecule has 1 aromatic carbocycles. The van der Waals surface area contributed by atoms with Crippen LogP contribution in [0.15, 0.2) is 18.2 Å². The number of nitrogens with one attached hydrogen (secondary N) is 2. The summed E-state index contributed by atoms with van der Waals surface area (Å²) in [6, 6.07) is 3.27. The molecule has 20 heavy (non-hydrogen) atoms. The molecule has 8 heteroatoms. The molecule has 0 saturated heterocycles. The highest BCUT2D eigenvalue weighted by atomic mass is 19.1. The van der Waals surface area contributed by atoms with E-state index in [1.807, 2.05) is 0 Å². The highest BCUT2D eigenvalue weighted by Crippen LogP contribution is 2.20. The number of rotatable bonds is 6. The third-order valence-corrected chi connectivity index (χ3v) is 2.40. The van der Waals surface area contributed by atoms with Crippen LogP contribution in [0, 0.1) is 5.82 Å². The number of aliphatic hydroxyl groups excluding tert-OH is 1. The van der Waals surface area contributed by atoms with Crippen molar-refractivity contribution in [1.29, 1.82) is 0 Å². The summed E-state index contributed by atoms with van der Waals surface area (Å²) < 4.78 is 18.1. The molecule has 0 aliphatic carbocycles. The number of methoxy groups -OCH3 is 1. The largest absolute Gasteiger partial charge is 0.494 e. The number of hydrogen-bond acceptors (Lipinski definition) is 4. The molecule has 7 nitrogen and oxygen atoms in total. The summed E-state index contributed by atoms with van der Waals surface area (Å²) in [7, 11) is 1.33. The topological polar surface area (TPSA) is 108 Å². The van der Waals surface area contributed by atoms with Crippen molar-refractivity contribution >= 4 is 17.7 Å². The lowest BCUT2D eigenvalue weighted by Gasteiger charge is -2.10. The third kappa shape index (κ3) is 4.73. The van der Waals surface area contributed by atoms with E-state index in [1.54, 1.807) is 0 Å². The zero-order valence-electron chi connectivity index (χ0n) is 10.7. The molecule has 0 spiro atoms. The van der Waals surface area contributed by atoms with Crippen molar-refractivity contribution in [1.82, 2.24) is 5.32 Å². The van der Waals surface area contributed by atoms with Crippen LogP contribution in [0.1, 0.15) is 6.42 Å². The number of carboxylic acid groups (broad SMARTS) is 1. The van der Waals surface area contributed by atoms with Gasteiger partial charge in [0.25, 0.3) is 0 Å². The van der Waals surface area contributed by atoms with Crippen molar-refractivity contribution in [3.63, 3.8) is 0 Å². The van der Waals surface area contributed by atoms with Crippen LogP contribution in [-0.2, 0) is 4.79 Å². The van der Waals surface area contributed by atoms with Gasteiger partial charge in [-0.1, -0.05) is 0 Å². The molecule has 0 fully saturated rings. The maximum atomic E-state index is 13.4. The zero-order valence-corrected chi connectivity index (χ0v) is 10.7. The van der Waals surface area contributed by atoms with Crippen LogP contribution in [0.3, 0.4) is 0 Å². The SMILES string of the molecule is COc1ccc(NC(=O)NCC[C@H](O)C(=O)O)cc1F. The van der Waals surface area contributed by atoms with Crippen LogP contribution in [0.2, 0.25) is 0 Å². The molecular weight excluding hydrogens is 271 g/mol. The number of benzene rings is 1. The van der Waals surface area contributed by atoms with Gasteiger partial charge in [-0.25, -0.2) is 14.0 Å². The minimum atomic E-state index is -1.53. The molecule has 4 N–H and O–H groups in total. The Hall–Kier alpha value is -2.35. The van der Waals surface area contributed by atoms with E-state index >= 15 is 0 Å². The van der Waals surface area contributed by atoms with E-state index in [0.29, 0.717) is 0 Å². The van der Waals surface area contributed by atoms with Crippen LogP contribution >= 0.6 is 0 Å². The molecule has 0 bridgehead atoms. The van der Waals surface area contributed by atoms with Crippen LogP contribution in [-0.4, -0.2) is 42.0 Å². The van der Waals surface area contributed by atoms with Crippen molar-refractivity contribution < 1.29 is 28.9 Å². The molecule has 0 radical (unpaired) electrons. The smallest absolute Gasteiger partial charge is 0.332 e. The number of carbonyl (C=O) groups is 2. The number of anilines is 1. The van der Waals surface area contributed by atoms with Gasteiger partial charge in [-0.05, 0) is 12.1 Å². The van der Waals surface area contributed by atoms with Gasteiger partial charge in [0.2, 0.25) is 0 Å². The summed E-state index contributed by atoms with van der Waals surface area (Å²) in [4.78, 5) is 21.8. The highest BCUT2D eigenvalue weighted by molar-refractivity contribution is 5.89. The second-order valence-corrected chi connectivity index (χ2v) is 3.87. The second-order valence-electron chi connectivity index (χ2n) is 3.87. The van der Waals surface area contributed by atoms with Gasteiger partial charge < -0.3 is 25.6 Å². The summed E-state index contributed by atoms with van der Waals surface area (Å²) in [6.45, 7) is -0.0298. The van der Waals surface area contributed by atoms with E-state index in [9.17, 15) is 14.0 Å². The van der Waals surface area contributed by atoms with E-state index in [1.165, 1.54) is 19.2 Å². The van der Waals surface area contributed by atoms with E-state index in [-0.39, 0.29) is 24.4 Å². The lowest BCUT2D eigenvalue weighted by molar-refractivity contribution is -0.146. The summed E-state index contributed by atoms with van der Waals surface area (Å²) >= 11 is 0. The van der Waals surface area contributed by atoms with Gasteiger partial charge in [-0.3, -0.25) is 0 Å². The minimum absolute atomic E-state index is 0.0298. The summed E-state index contributed by atoms with van der Waals surface area (Å²) in [5.74, 6) is -1.92. The maximum absolute atomic E-state index is 13.4. The average Bonchev–Trinajstić information content (AvgIpc) is 2.38. The van der Waals surface area contributed by atoms with Crippen LogP contribution in [0.4, 0.5) is 14.9 Å². The molecule has 0 aliphatic rings. The number of carbonyl (C=O) groups excluding carboxylic acids is 1. The number of urea groups is 1. The molecule has 0 heterocycles. The Bertz CT molecular complexity index is 495. The van der Waals surface area contributed by atoms with E-state index in [4.69, 9.17) is 14.9 Å². The number of hydrogen-bond donors (Lipinski definition) is 4. The molecule has 0 aromatic heterocycles. The van der Waals surface area contributed by atoms with Crippen LogP contribution in [0.25, 0.3) is 0 Å². The second kappa shape index (κ2) is 7.29. The first-order valence-electron chi connectivity index (χ1n) is 5.73. The summed E-state index contributed by atoms with van der Waals surface area (Å²) in [5.41, 5.74) is 0.222. The number of aliphatic carboxylic acids is 1. The van der Waals surface area contributed by atoms with Crippen molar-refractivity contribution in [2.24, 2.45) is 0 Å². The van der Waals surface area contributed by atoms with Crippen molar-refractivity contribution in [2.45, 2.75) is 12.5 Å². The lowest BCUT2D eigenvalue weighted by atomic mass is 10.2. The maximum Gasteiger partial charge on any atom is 0.332 e. The first-order valence-corrected chi connectivity index (χ1v) is 5.73. The average molecular weight is 286 g/mol. The van der Waals surface area contributed by atoms with E-state index in [2.05, 4.69) is 10.6 Å². The van der Waals surface area contributed by atoms with E-state index in [0.717, 1.165) is 6.07 Å². The molecule has 1 rings (SSSR count). The zero-order chi connectivity index (χ0) is 15.1. The Morgan fingerprint density at radius 3 is 2.70 bits per heavy atom.